The third-order valence-corrected chi connectivity index (χ3v) is 3.89. The molecule has 1 heterocycles. The van der Waals surface area contributed by atoms with Crippen LogP contribution < -0.4 is 5.32 Å². The fourth-order valence-electron chi connectivity index (χ4n) is 1.62. The van der Waals surface area contributed by atoms with Crippen LogP contribution >= 0.6 is 11.3 Å². The van der Waals surface area contributed by atoms with Gasteiger partial charge in [-0.25, -0.2) is 4.39 Å². The van der Waals surface area contributed by atoms with Gasteiger partial charge in [-0.2, -0.15) is 5.26 Å². The van der Waals surface area contributed by atoms with Gasteiger partial charge in [0.1, 0.15) is 11.9 Å². The van der Waals surface area contributed by atoms with Gasteiger partial charge in [0.25, 0.3) is 0 Å². The maximum Gasteiger partial charge on any atom is 0.149 e. The number of hydrogen-bond donors (Lipinski definition) is 1. The van der Waals surface area contributed by atoms with Crippen molar-refractivity contribution < 1.29 is 4.39 Å². The molecule has 0 saturated heterocycles. The number of nitrogens with one attached hydrogen (secondary N) is 1. The van der Waals surface area contributed by atoms with E-state index in [9.17, 15) is 9.65 Å². The number of benzene rings is 1. The summed E-state index contributed by atoms with van der Waals surface area (Å²) in [5, 5.41) is 12.3. The SMILES string of the molecule is CCc1ccc(C(C#N)Nc2ccc(F)cc2)s1. The minimum atomic E-state index is -0.388. The van der Waals surface area contributed by atoms with E-state index in [1.54, 1.807) is 23.5 Å². The summed E-state index contributed by atoms with van der Waals surface area (Å²) in [5.74, 6) is -0.279. The standard InChI is InChI=1S/C14H13FN2S/c1-2-12-7-8-14(18-12)13(9-16)17-11-5-3-10(15)4-6-11/h3-8,13,17H,2H2,1H3. The van der Waals surface area contributed by atoms with Crippen LogP contribution in [0.1, 0.15) is 22.7 Å². The van der Waals surface area contributed by atoms with Gasteiger partial charge in [-0.05, 0) is 42.8 Å². The Morgan fingerprint density at radius 3 is 2.56 bits per heavy atom. The Kier molecular flexibility index (Phi) is 3.96. The van der Waals surface area contributed by atoms with Gasteiger partial charge < -0.3 is 5.32 Å². The Morgan fingerprint density at radius 1 is 1.28 bits per heavy atom. The Hall–Kier alpha value is -1.86. The number of hydrogen-bond acceptors (Lipinski definition) is 3. The van der Waals surface area contributed by atoms with Gasteiger partial charge in [0.2, 0.25) is 0 Å². The van der Waals surface area contributed by atoms with Crippen molar-refractivity contribution in [1.82, 2.24) is 0 Å². The molecule has 0 saturated carbocycles. The number of halogens is 1. The van der Waals surface area contributed by atoms with E-state index in [2.05, 4.69) is 18.3 Å². The van der Waals surface area contributed by atoms with Gasteiger partial charge in [0, 0.05) is 15.4 Å². The monoisotopic (exact) mass is 260 g/mol. The zero-order valence-corrected chi connectivity index (χ0v) is 10.8. The molecule has 1 unspecified atom stereocenters. The maximum atomic E-state index is 12.8. The fraction of sp³-hybridized carbons (Fsp3) is 0.214. The first-order chi connectivity index (χ1) is 8.72. The summed E-state index contributed by atoms with van der Waals surface area (Å²) in [6.45, 7) is 2.09. The van der Waals surface area contributed by atoms with Crippen molar-refractivity contribution in [2.45, 2.75) is 19.4 Å². The summed E-state index contributed by atoms with van der Waals surface area (Å²) in [5.41, 5.74) is 0.745. The Bertz CT molecular complexity index is 554. The van der Waals surface area contributed by atoms with E-state index in [0.717, 1.165) is 17.0 Å². The fourth-order valence-corrected chi connectivity index (χ4v) is 2.57. The first kappa shape index (κ1) is 12.6. The quantitative estimate of drug-likeness (QED) is 0.897. The summed E-state index contributed by atoms with van der Waals surface area (Å²) < 4.78 is 12.8. The van der Waals surface area contributed by atoms with Crippen molar-refractivity contribution >= 4 is 17.0 Å². The van der Waals surface area contributed by atoms with E-state index < -0.39 is 0 Å². The van der Waals surface area contributed by atoms with Crippen molar-refractivity contribution in [2.24, 2.45) is 0 Å². The predicted molar refractivity (Wildman–Crippen MR) is 72.1 cm³/mol. The van der Waals surface area contributed by atoms with Crippen LogP contribution in [-0.4, -0.2) is 0 Å². The highest BCUT2D eigenvalue weighted by molar-refractivity contribution is 7.12. The van der Waals surface area contributed by atoms with Crippen LogP contribution in [0.25, 0.3) is 0 Å². The molecule has 1 aromatic carbocycles. The summed E-state index contributed by atoms with van der Waals surface area (Å²) >= 11 is 1.63. The van der Waals surface area contributed by atoms with E-state index in [1.165, 1.54) is 17.0 Å². The van der Waals surface area contributed by atoms with Crippen LogP contribution in [0, 0.1) is 17.1 Å². The van der Waals surface area contributed by atoms with Crippen molar-refractivity contribution in [2.75, 3.05) is 5.32 Å². The Labute approximate surface area is 110 Å². The third-order valence-electron chi connectivity index (χ3n) is 2.60. The lowest BCUT2D eigenvalue weighted by atomic mass is 10.2. The second-order valence-corrected chi connectivity index (χ2v) is 5.07. The lowest BCUT2D eigenvalue weighted by Gasteiger charge is -2.11. The molecule has 4 heteroatoms. The summed E-state index contributed by atoms with van der Waals surface area (Å²) in [4.78, 5) is 2.24. The van der Waals surface area contributed by atoms with Crippen LogP contribution in [0.4, 0.5) is 10.1 Å². The molecule has 18 heavy (non-hydrogen) atoms. The van der Waals surface area contributed by atoms with Crippen molar-refractivity contribution in [1.29, 1.82) is 5.26 Å². The molecular formula is C14H13FN2S. The molecule has 2 rings (SSSR count). The Morgan fingerprint density at radius 2 is 2.00 bits per heavy atom. The molecule has 0 aliphatic rings. The number of nitriles is 1. The number of aryl methyl sites for hydroxylation is 1. The normalized spacial score (nSPS) is 11.8. The van der Waals surface area contributed by atoms with Crippen molar-refractivity contribution in [3.05, 3.63) is 52.0 Å². The molecule has 0 spiro atoms. The second-order valence-electron chi connectivity index (χ2n) is 3.87. The summed E-state index contributed by atoms with van der Waals surface area (Å²) in [6.07, 6.45) is 0.972. The van der Waals surface area contributed by atoms with Crippen molar-refractivity contribution in [3.63, 3.8) is 0 Å². The van der Waals surface area contributed by atoms with Gasteiger partial charge in [-0.3, -0.25) is 0 Å². The van der Waals surface area contributed by atoms with Gasteiger partial charge in [0.05, 0.1) is 6.07 Å². The predicted octanol–water partition coefficient (Wildman–Crippen LogP) is 4.13. The van der Waals surface area contributed by atoms with Crippen molar-refractivity contribution in [3.8, 4) is 6.07 Å². The zero-order chi connectivity index (χ0) is 13.0. The maximum absolute atomic E-state index is 12.8. The smallest absolute Gasteiger partial charge is 0.149 e. The minimum absolute atomic E-state index is 0.279. The highest BCUT2D eigenvalue weighted by atomic mass is 32.1. The molecule has 1 N–H and O–H groups in total. The van der Waals surface area contributed by atoms with E-state index >= 15 is 0 Å². The largest absolute Gasteiger partial charge is 0.366 e. The highest BCUT2D eigenvalue weighted by Crippen LogP contribution is 2.26. The second kappa shape index (κ2) is 5.65. The number of nitrogens with zero attached hydrogens (tertiary/aromatic N) is 1. The Balaban J connectivity index is 2.14. The molecule has 0 bridgehead atoms. The van der Waals surface area contributed by atoms with Crippen LogP contribution in [0.2, 0.25) is 0 Å². The van der Waals surface area contributed by atoms with E-state index in [4.69, 9.17) is 0 Å². The molecule has 1 aromatic heterocycles. The first-order valence-electron chi connectivity index (χ1n) is 5.73. The van der Waals surface area contributed by atoms with Gasteiger partial charge in [-0.15, -0.1) is 11.3 Å². The molecule has 2 aromatic rings. The van der Waals surface area contributed by atoms with E-state index in [-0.39, 0.29) is 11.9 Å². The highest BCUT2D eigenvalue weighted by Gasteiger charge is 2.12. The van der Waals surface area contributed by atoms with Gasteiger partial charge in [-0.1, -0.05) is 6.92 Å². The molecule has 0 aliphatic heterocycles. The number of rotatable bonds is 4. The van der Waals surface area contributed by atoms with Gasteiger partial charge in [0.15, 0.2) is 0 Å². The molecule has 1 atom stereocenters. The van der Waals surface area contributed by atoms with Crippen LogP contribution in [0.3, 0.4) is 0 Å². The average Bonchev–Trinajstić information content (AvgIpc) is 2.87. The van der Waals surface area contributed by atoms with Crippen LogP contribution in [-0.2, 0) is 6.42 Å². The molecular weight excluding hydrogens is 247 g/mol. The lowest BCUT2D eigenvalue weighted by molar-refractivity contribution is 0.628. The average molecular weight is 260 g/mol. The lowest BCUT2D eigenvalue weighted by Crippen LogP contribution is -2.06. The molecule has 0 radical (unpaired) electrons. The van der Waals surface area contributed by atoms with E-state index in [1.807, 2.05) is 12.1 Å². The molecule has 0 amide bonds. The third kappa shape index (κ3) is 2.88. The van der Waals surface area contributed by atoms with E-state index in [0.29, 0.717) is 0 Å². The topological polar surface area (TPSA) is 35.8 Å². The summed E-state index contributed by atoms with van der Waals surface area (Å²) in [7, 11) is 0. The number of thiophene rings is 1. The zero-order valence-electron chi connectivity index (χ0n) is 9.98. The van der Waals surface area contributed by atoms with Crippen LogP contribution in [0.15, 0.2) is 36.4 Å². The molecule has 0 fully saturated rings. The molecule has 92 valence electrons. The number of anilines is 1. The van der Waals surface area contributed by atoms with Gasteiger partial charge >= 0.3 is 0 Å². The first-order valence-corrected chi connectivity index (χ1v) is 6.55. The molecule has 0 aliphatic carbocycles. The summed E-state index contributed by atoms with van der Waals surface area (Å²) in [6, 6.07) is 11.9. The van der Waals surface area contributed by atoms with Crippen LogP contribution in [0.5, 0.6) is 0 Å². The minimum Gasteiger partial charge on any atom is -0.366 e. The molecule has 2 nitrogen and oxygen atoms in total.